The molecule has 1 aliphatic rings. The van der Waals surface area contributed by atoms with Crippen molar-refractivity contribution in [3.05, 3.63) is 0 Å². The summed E-state index contributed by atoms with van der Waals surface area (Å²) in [7, 11) is -3.19. The first-order valence-corrected chi connectivity index (χ1v) is 7.16. The molecule has 1 aliphatic carbocycles. The number of hydrogen-bond donors (Lipinski definition) is 2. The average molecular weight is 234 g/mol. The molecule has 15 heavy (non-hydrogen) atoms. The predicted octanol–water partition coefficient (Wildman–Crippen LogP) is 0.689. The summed E-state index contributed by atoms with van der Waals surface area (Å²) < 4.78 is 26.3. The van der Waals surface area contributed by atoms with Crippen LogP contribution in [0, 0.1) is 11.8 Å². The van der Waals surface area contributed by atoms with Crippen LogP contribution >= 0.6 is 0 Å². The van der Waals surface area contributed by atoms with E-state index in [9.17, 15) is 8.42 Å². The standard InChI is InChI=1S/C10H22N2O2S/c1-8(2)6-15(13,14)12-10(3,7-11)9-4-5-9/h8-9,12H,4-7,11H2,1-3H3. The second-order valence-corrected chi connectivity index (χ2v) is 6.94. The highest BCUT2D eigenvalue weighted by Crippen LogP contribution is 2.39. The summed E-state index contributed by atoms with van der Waals surface area (Å²) >= 11 is 0. The van der Waals surface area contributed by atoms with Crippen molar-refractivity contribution in [1.29, 1.82) is 0 Å². The molecule has 0 amide bonds. The van der Waals surface area contributed by atoms with Gasteiger partial charge in [-0.1, -0.05) is 13.8 Å². The van der Waals surface area contributed by atoms with Gasteiger partial charge in [0.05, 0.1) is 5.75 Å². The monoisotopic (exact) mass is 234 g/mol. The summed E-state index contributed by atoms with van der Waals surface area (Å²) in [6.45, 7) is 6.07. The Balaban J connectivity index is 2.65. The van der Waals surface area contributed by atoms with Gasteiger partial charge in [0.1, 0.15) is 0 Å². The lowest BCUT2D eigenvalue weighted by molar-refractivity contribution is 0.373. The van der Waals surface area contributed by atoms with Gasteiger partial charge in [-0.15, -0.1) is 0 Å². The van der Waals surface area contributed by atoms with Crippen LogP contribution in [0.2, 0.25) is 0 Å². The Morgan fingerprint density at radius 2 is 2.00 bits per heavy atom. The zero-order chi connectivity index (χ0) is 11.7. The SMILES string of the molecule is CC(C)CS(=O)(=O)NC(C)(CN)C1CC1. The highest BCUT2D eigenvalue weighted by atomic mass is 32.2. The smallest absolute Gasteiger partial charge is 0.212 e. The fourth-order valence-electron chi connectivity index (χ4n) is 1.85. The fourth-order valence-corrected chi connectivity index (χ4v) is 3.77. The average Bonchev–Trinajstić information content (AvgIpc) is 2.82. The lowest BCUT2D eigenvalue weighted by Crippen LogP contribution is -2.53. The van der Waals surface area contributed by atoms with Gasteiger partial charge >= 0.3 is 0 Å². The zero-order valence-corrected chi connectivity index (χ0v) is 10.6. The molecule has 0 radical (unpaired) electrons. The van der Waals surface area contributed by atoms with Crippen molar-refractivity contribution >= 4 is 10.0 Å². The van der Waals surface area contributed by atoms with E-state index in [1.165, 1.54) is 0 Å². The van der Waals surface area contributed by atoms with Crippen molar-refractivity contribution < 1.29 is 8.42 Å². The highest BCUT2D eigenvalue weighted by Gasteiger charge is 2.42. The second-order valence-electron chi connectivity index (χ2n) is 5.17. The van der Waals surface area contributed by atoms with Crippen molar-refractivity contribution in [3.8, 4) is 0 Å². The quantitative estimate of drug-likeness (QED) is 0.710. The third-order valence-electron chi connectivity index (χ3n) is 2.84. The van der Waals surface area contributed by atoms with Crippen LogP contribution in [0.15, 0.2) is 0 Å². The maximum Gasteiger partial charge on any atom is 0.212 e. The van der Waals surface area contributed by atoms with Gasteiger partial charge in [-0.25, -0.2) is 13.1 Å². The Hall–Kier alpha value is -0.130. The van der Waals surface area contributed by atoms with Crippen LogP contribution in [-0.2, 0) is 10.0 Å². The minimum Gasteiger partial charge on any atom is -0.329 e. The summed E-state index contributed by atoms with van der Waals surface area (Å²) in [6, 6.07) is 0. The van der Waals surface area contributed by atoms with Gasteiger partial charge in [0, 0.05) is 12.1 Å². The Morgan fingerprint density at radius 1 is 1.47 bits per heavy atom. The van der Waals surface area contributed by atoms with E-state index in [2.05, 4.69) is 4.72 Å². The molecule has 0 bridgehead atoms. The van der Waals surface area contributed by atoms with Crippen LogP contribution in [0.4, 0.5) is 0 Å². The van der Waals surface area contributed by atoms with Crippen LogP contribution in [0.25, 0.3) is 0 Å². The van der Waals surface area contributed by atoms with Gasteiger partial charge in [0.15, 0.2) is 0 Å². The fraction of sp³-hybridized carbons (Fsp3) is 1.00. The largest absolute Gasteiger partial charge is 0.329 e. The van der Waals surface area contributed by atoms with Crippen molar-refractivity contribution in [3.63, 3.8) is 0 Å². The molecular formula is C10H22N2O2S. The first-order chi connectivity index (χ1) is 6.79. The van der Waals surface area contributed by atoms with Crippen LogP contribution in [-0.4, -0.2) is 26.3 Å². The summed E-state index contributed by atoms with van der Waals surface area (Å²) in [4.78, 5) is 0. The van der Waals surface area contributed by atoms with Gasteiger partial charge < -0.3 is 5.73 Å². The Bertz CT molecular complexity index is 309. The van der Waals surface area contributed by atoms with Crippen molar-refractivity contribution in [2.45, 2.75) is 39.2 Å². The van der Waals surface area contributed by atoms with Crippen LogP contribution < -0.4 is 10.5 Å². The van der Waals surface area contributed by atoms with Gasteiger partial charge in [-0.3, -0.25) is 0 Å². The summed E-state index contributed by atoms with van der Waals surface area (Å²) in [5.41, 5.74) is 5.22. The summed E-state index contributed by atoms with van der Waals surface area (Å²) in [5.74, 6) is 0.739. The van der Waals surface area contributed by atoms with Crippen LogP contribution in [0.1, 0.15) is 33.6 Å². The van der Waals surface area contributed by atoms with Crippen LogP contribution in [0.3, 0.4) is 0 Å². The number of hydrogen-bond acceptors (Lipinski definition) is 3. The number of rotatable bonds is 6. The molecule has 0 saturated heterocycles. The lowest BCUT2D eigenvalue weighted by atomic mass is 9.98. The molecule has 0 aromatic heterocycles. The topological polar surface area (TPSA) is 72.2 Å². The number of nitrogens with two attached hydrogens (primary N) is 1. The van der Waals surface area contributed by atoms with E-state index >= 15 is 0 Å². The molecule has 1 fully saturated rings. The van der Waals surface area contributed by atoms with Crippen molar-refractivity contribution in [2.24, 2.45) is 17.6 Å². The maximum atomic E-state index is 11.8. The van der Waals surface area contributed by atoms with E-state index in [1.807, 2.05) is 20.8 Å². The minimum atomic E-state index is -3.19. The zero-order valence-electron chi connectivity index (χ0n) is 9.79. The Morgan fingerprint density at radius 3 is 2.33 bits per heavy atom. The van der Waals surface area contributed by atoms with E-state index < -0.39 is 15.6 Å². The van der Waals surface area contributed by atoms with Gasteiger partial charge in [-0.2, -0.15) is 0 Å². The summed E-state index contributed by atoms with van der Waals surface area (Å²) in [5, 5.41) is 0. The molecule has 5 heteroatoms. The molecule has 1 unspecified atom stereocenters. The molecule has 1 atom stereocenters. The lowest BCUT2D eigenvalue weighted by Gasteiger charge is -2.29. The van der Waals surface area contributed by atoms with Gasteiger partial charge in [0.2, 0.25) is 10.0 Å². The van der Waals surface area contributed by atoms with E-state index in [4.69, 9.17) is 5.73 Å². The molecule has 0 aromatic rings. The molecule has 90 valence electrons. The van der Waals surface area contributed by atoms with Crippen LogP contribution in [0.5, 0.6) is 0 Å². The van der Waals surface area contributed by atoms with Gasteiger partial charge in [0.25, 0.3) is 0 Å². The Kier molecular flexibility index (Phi) is 3.79. The molecule has 1 rings (SSSR count). The van der Waals surface area contributed by atoms with E-state index in [0.29, 0.717) is 12.5 Å². The van der Waals surface area contributed by atoms with E-state index in [-0.39, 0.29) is 11.7 Å². The molecule has 0 spiro atoms. The maximum absolute atomic E-state index is 11.8. The molecule has 3 N–H and O–H groups in total. The third-order valence-corrected chi connectivity index (χ3v) is 4.73. The Labute approximate surface area is 92.7 Å². The molecule has 0 aromatic carbocycles. The normalized spacial score (nSPS) is 21.7. The molecule has 0 aliphatic heterocycles. The molecular weight excluding hydrogens is 212 g/mol. The molecule has 1 saturated carbocycles. The predicted molar refractivity (Wildman–Crippen MR) is 61.9 cm³/mol. The van der Waals surface area contributed by atoms with E-state index in [1.54, 1.807) is 0 Å². The van der Waals surface area contributed by atoms with Crippen molar-refractivity contribution in [2.75, 3.05) is 12.3 Å². The van der Waals surface area contributed by atoms with E-state index in [0.717, 1.165) is 12.8 Å². The molecule has 0 heterocycles. The molecule has 4 nitrogen and oxygen atoms in total. The minimum absolute atomic E-state index is 0.142. The van der Waals surface area contributed by atoms with Gasteiger partial charge in [-0.05, 0) is 31.6 Å². The second kappa shape index (κ2) is 4.39. The number of sulfonamides is 1. The third kappa shape index (κ3) is 3.74. The highest BCUT2D eigenvalue weighted by molar-refractivity contribution is 7.89. The van der Waals surface area contributed by atoms with Crippen molar-refractivity contribution in [1.82, 2.24) is 4.72 Å². The summed E-state index contributed by atoms with van der Waals surface area (Å²) in [6.07, 6.45) is 2.16. The first kappa shape index (κ1) is 12.9. The number of nitrogens with one attached hydrogen (secondary N) is 1. The first-order valence-electron chi connectivity index (χ1n) is 5.51.